The van der Waals surface area contributed by atoms with Crippen molar-refractivity contribution in [3.05, 3.63) is 34.3 Å². The van der Waals surface area contributed by atoms with E-state index in [1.807, 2.05) is 6.08 Å². The first-order valence-electron chi connectivity index (χ1n) is 4.74. The molecule has 2 N–H and O–H groups in total. The van der Waals surface area contributed by atoms with Crippen LogP contribution >= 0.6 is 0 Å². The number of carbonyl (C=O) groups is 1. The third-order valence-electron chi connectivity index (χ3n) is 2.10. The molecule has 1 aromatic rings. The fourth-order valence-electron chi connectivity index (χ4n) is 1.39. The molecule has 0 spiro atoms. The molecule has 2 heterocycles. The summed E-state index contributed by atoms with van der Waals surface area (Å²) in [5, 5.41) is 2.47. The second kappa shape index (κ2) is 4.00. The molecule has 0 unspecified atom stereocenters. The van der Waals surface area contributed by atoms with Crippen molar-refractivity contribution in [1.29, 1.82) is 0 Å². The van der Waals surface area contributed by atoms with Crippen molar-refractivity contribution in [2.24, 2.45) is 0 Å². The Labute approximate surface area is 91.3 Å². The lowest BCUT2D eigenvalue weighted by Crippen LogP contribution is -2.17. The van der Waals surface area contributed by atoms with Gasteiger partial charge in [-0.15, -0.1) is 4.67 Å². The van der Waals surface area contributed by atoms with E-state index < -0.39 is 0 Å². The van der Waals surface area contributed by atoms with Crippen LogP contribution in [0.4, 0.5) is 5.69 Å². The lowest BCUT2D eigenvalue weighted by Gasteiger charge is -2.02. The van der Waals surface area contributed by atoms with E-state index in [1.54, 1.807) is 24.7 Å². The van der Waals surface area contributed by atoms with Crippen LogP contribution in [0.5, 0.6) is 0 Å². The molecule has 1 aliphatic rings. The van der Waals surface area contributed by atoms with Crippen LogP contribution in [0.3, 0.4) is 0 Å². The van der Waals surface area contributed by atoms with Crippen LogP contribution in [-0.4, -0.2) is 23.3 Å². The molecule has 80 valence electrons. The zero-order valence-electron chi connectivity index (χ0n) is 8.65. The van der Waals surface area contributed by atoms with Crippen molar-refractivity contribution in [3.8, 4) is 0 Å². The number of hydrogen-bond donors (Lipinski definition) is 2. The van der Waals surface area contributed by atoms with Gasteiger partial charge in [-0.3, -0.25) is 9.59 Å². The molecule has 0 saturated carbocycles. The monoisotopic (exact) mass is 216 g/mol. The van der Waals surface area contributed by atoms with Gasteiger partial charge in [0.1, 0.15) is 5.69 Å². The average molecular weight is 216 g/mol. The van der Waals surface area contributed by atoms with Crippen molar-refractivity contribution in [2.45, 2.75) is 6.92 Å². The molecule has 0 bridgehead atoms. The van der Waals surface area contributed by atoms with E-state index >= 15 is 0 Å². The summed E-state index contributed by atoms with van der Waals surface area (Å²) in [6.07, 6.45) is 6.76. The Hall–Kier alpha value is -2.39. The lowest BCUT2D eigenvalue weighted by atomic mass is 10.1. The highest BCUT2D eigenvalue weighted by molar-refractivity contribution is 6.17. The number of nitrogens with zero attached hydrogens (tertiary/aromatic N) is 1. The van der Waals surface area contributed by atoms with Gasteiger partial charge in [-0.2, -0.15) is 0 Å². The first kappa shape index (κ1) is 10.1. The highest BCUT2D eigenvalue weighted by atomic mass is 16.2. The van der Waals surface area contributed by atoms with E-state index in [2.05, 4.69) is 15.0 Å². The molecular formula is C11H10N3O2+. The van der Waals surface area contributed by atoms with Gasteiger partial charge in [0, 0.05) is 24.8 Å². The van der Waals surface area contributed by atoms with Gasteiger partial charge >= 0.3 is 6.21 Å². The number of H-pyrrole nitrogens is 1. The topological polar surface area (TPSA) is 76.1 Å². The second-order valence-corrected chi connectivity index (χ2v) is 3.36. The van der Waals surface area contributed by atoms with Crippen LogP contribution in [-0.2, 0) is 4.79 Å². The predicted molar refractivity (Wildman–Crippen MR) is 63.6 cm³/mol. The molecule has 0 atom stereocenters. The Morgan fingerprint density at radius 1 is 1.50 bits per heavy atom. The molecule has 5 nitrogen and oxygen atoms in total. The number of amides is 1. The summed E-state index contributed by atoms with van der Waals surface area (Å²) in [6, 6.07) is 1.62. The minimum Gasteiger partial charge on any atom is -0.327 e. The van der Waals surface area contributed by atoms with Crippen molar-refractivity contribution in [3.63, 3.8) is 0 Å². The van der Waals surface area contributed by atoms with Crippen LogP contribution in [0, 0.1) is 0 Å². The van der Waals surface area contributed by atoms with Crippen LogP contribution in [0.1, 0.15) is 12.5 Å². The summed E-state index contributed by atoms with van der Waals surface area (Å²) >= 11 is 0. The minimum absolute atomic E-state index is 0.242. The van der Waals surface area contributed by atoms with Crippen molar-refractivity contribution >= 4 is 29.6 Å². The standard InChI is InChI=1S/C11H9N3O2/c1-7(15)14-10-4-9(6-13-11(10)16)8-2-3-12-5-8/h2-6H,1H3,(H,12,14,15)/p+1. The van der Waals surface area contributed by atoms with Gasteiger partial charge in [0.15, 0.2) is 0 Å². The zero-order valence-corrected chi connectivity index (χ0v) is 8.65. The van der Waals surface area contributed by atoms with Gasteiger partial charge in [-0.25, -0.2) is 0 Å². The van der Waals surface area contributed by atoms with Crippen LogP contribution in [0.15, 0.2) is 23.1 Å². The number of aromatic nitrogens is 1. The molecule has 0 aliphatic carbocycles. The molecule has 16 heavy (non-hydrogen) atoms. The summed E-state index contributed by atoms with van der Waals surface area (Å²) in [5.74, 6) is -0.275. The van der Waals surface area contributed by atoms with Crippen molar-refractivity contribution in [1.82, 2.24) is 9.65 Å². The van der Waals surface area contributed by atoms with E-state index in [0.717, 1.165) is 11.1 Å². The van der Waals surface area contributed by atoms with E-state index in [4.69, 9.17) is 0 Å². The van der Waals surface area contributed by atoms with Gasteiger partial charge in [-0.1, -0.05) is 0 Å². The summed E-state index contributed by atoms with van der Waals surface area (Å²) in [6.45, 7) is 1.36. The number of rotatable bonds is 2. The highest BCUT2D eigenvalue weighted by Crippen LogP contribution is 2.13. The normalized spacial score (nSPS) is 12.7. The molecule has 0 fully saturated rings. The smallest absolute Gasteiger partial charge is 0.300 e. The molecule has 0 aromatic carbocycles. The first-order chi connectivity index (χ1) is 7.66. The number of hydrogen-bond acceptors (Lipinski definition) is 2. The fraction of sp³-hybridized carbons (Fsp3) is 0.0909. The number of carbonyl (C=O) groups excluding carboxylic acids is 1. The van der Waals surface area contributed by atoms with E-state index in [9.17, 15) is 9.59 Å². The Morgan fingerprint density at radius 3 is 2.94 bits per heavy atom. The Kier molecular flexibility index (Phi) is 2.54. The molecule has 0 saturated heterocycles. The third kappa shape index (κ3) is 1.99. The Bertz CT molecular complexity index is 589. The Balaban J connectivity index is 2.39. The maximum absolute atomic E-state index is 11.4. The summed E-state index contributed by atoms with van der Waals surface area (Å²) in [4.78, 5) is 24.8. The quantitative estimate of drug-likeness (QED) is 0.679. The predicted octanol–water partition coefficient (Wildman–Crippen LogP) is -0.0609. The molecule has 1 amide bonds. The molecule has 0 radical (unpaired) electrons. The average Bonchev–Trinajstić information content (AvgIpc) is 2.73. The van der Waals surface area contributed by atoms with Gasteiger partial charge in [0.2, 0.25) is 5.91 Å². The number of allylic oxidation sites excluding steroid dienone is 2. The zero-order chi connectivity index (χ0) is 11.5. The van der Waals surface area contributed by atoms with Gasteiger partial charge < -0.3 is 10.3 Å². The summed E-state index contributed by atoms with van der Waals surface area (Å²) < 4.78 is 3.93. The van der Waals surface area contributed by atoms with Gasteiger partial charge in [-0.05, 0) is 6.07 Å². The maximum atomic E-state index is 11.4. The van der Waals surface area contributed by atoms with E-state index in [0.29, 0.717) is 0 Å². The first-order valence-corrected chi connectivity index (χ1v) is 4.74. The number of pyridine rings is 1. The minimum atomic E-state index is -0.321. The number of anilines is 1. The van der Waals surface area contributed by atoms with E-state index in [-0.39, 0.29) is 17.2 Å². The lowest BCUT2D eigenvalue weighted by molar-refractivity contribution is -0.114. The van der Waals surface area contributed by atoms with Gasteiger partial charge in [0.25, 0.3) is 11.8 Å². The molecular weight excluding hydrogens is 206 g/mol. The molecule has 1 aliphatic heterocycles. The number of aromatic amines is 1. The number of nitrogens with one attached hydrogen (secondary N) is 2. The van der Waals surface area contributed by atoms with Crippen LogP contribution in [0.25, 0.3) is 5.57 Å². The summed E-state index contributed by atoms with van der Waals surface area (Å²) in [5.41, 5.74) is 1.62. The SMILES string of the molecule is CC(=O)Nc1cc(C2=CC=[N+]=C2)c[nH]c1=O. The highest BCUT2D eigenvalue weighted by Gasteiger charge is 2.10. The van der Waals surface area contributed by atoms with Crippen molar-refractivity contribution < 1.29 is 4.79 Å². The largest absolute Gasteiger partial charge is 0.327 e. The second-order valence-electron chi connectivity index (χ2n) is 3.36. The summed E-state index contributed by atoms with van der Waals surface area (Å²) in [7, 11) is 0. The third-order valence-corrected chi connectivity index (χ3v) is 2.10. The molecule has 2 rings (SSSR count). The van der Waals surface area contributed by atoms with Crippen LogP contribution in [0.2, 0.25) is 0 Å². The van der Waals surface area contributed by atoms with Crippen LogP contribution < -0.4 is 15.5 Å². The van der Waals surface area contributed by atoms with Gasteiger partial charge in [0.05, 0.1) is 5.57 Å². The Morgan fingerprint density at radius 2 is 2.31 bits per heavy atom. The van der Waals surface area contributed by atoms with Crippen molar-refractivity contribution in [2.75, 3.05) is 5.32 Å². The van der Waals surface area contributed by atoms with E-state index in [1.165, 1.54) is 6.92 Å². The maximum Gasteiger partial charge on any atom is 0.300 e. The molecule has 5 heteroatoms. The fourth-order valence-corrected chi connectivity index (χ4v) is 1.39. The molecule has 1 aromatic heterocycles.